The van der Waals surface area contributed by atoms with Crippen LogP contribution in [-0.2, 0) is 16.1 Å². The third-order valence-electron chi connectivity index (χ3n) is 4.75. The SMILES string of the molecule is CC(=O)Nc1ccc(Br)cc1C(=O)N1CC(O)CC1C(=O)NCc1ccc(Cl)cc1. The molecule has 3 rings (SSSR count). The molecule has 1 heterocycles. The quantitative estimate of drug-likeness (QED) is 0.595. The summed E-state index contributed by atoms with van der Waals surface area (Å²) < 4.78 is 0.656. The number of carbonyl (C=O) groups excluding carboxylic acids is 3. The number of carbonyl (C=O) groups is 3. The second-order valence-corrected chi connectivity index (χ2v) is 8.43. The maximum Gasteiger partial charge on any atom is 0.256 e. The van der Waals surface area contributed by atoms with Gasteiger partial charge in [-0.3, -0.25) is 14.4 Å². The van der Waals surface area contributed by atoms with Crippen molar-refractivity contribution in [2.75, 3.05) is 11.9 Å². The third-order valence-corrected chi connectivity index (χ3v) is 5.49. The Morgan fingerprint density at radius 2 is 1.90 bits per heavy atom. The number of benzene rings is 2. The Bertz CT molecular complexity index is 967. The first-order chi connectivity index (χ1) is 14.2. The van der Waals surface area contributed by atoms with Crippen LogP contribution in [0.1, 0.15) is 29.3 Å². The molecule has 0 aliphatic carbocycles. The van der Waals surface area contributed by atoms with Gasteiger partial charge in [-0.05, 0) is 35.9 Å². The largest absolute Gasteiger partial charge is 0.391 e. The predicted molar refractivity (Wildman–Crippen MR) is 117 cm³/mol. The lowest BCUT2D eigenvalue weighted by molar-refractivity contribution is -0.125. The normalized spacial score (nSPS) is 18.2. The summed E-state index contributed by atoms with van der Waals surface area (Å²) in [6.07, 6.45) is -0.668. The van der Waals surface area contributed by atoms with E-state index in [1.807, 2.05) is 0 Å². The summed E-state index contributed by atoms with van der Waals surface area (Å²) in [4.78, 5) is 38.8. The summed E-state index contributed by atoms with van der Waals surface area (Å²) in [6.45, 7) is 1.66. The molecule has 1 saturated heterocycles. The second kappa shape index (κ2) is 9.59. The summed E-state index contributed by atoms with van der Waals surface area (Å²) in [5, 5.41) is 16.2. The van der Waals surface area contributed by atoms with Crippen LogP contribution in [0.25, 0.3) is 0 Å². The lowest BCUT2D eigenvalue weighted by atomic mass is 10.1. The molecule has 9 heteroatoms. The molecule has 0 bridgehead atoms. The van der Waals surface area contributed by atoms with E-state index in [1.54, 1.807) is 42.5 Å². The molecule has 0 radical (unpaired) electrons. The van der Waals surface area contributed by atoms with Crippen LogP contribution >= 0.6 is 27.5 Å². The number of aliphatic hydroxyl groups is 1. The fourth-order valence-electron chi connectivity index (χ4n) is 3.34. The highest BCUT2D eigenvalue weighted by molar-refractivity contribution is 9.10. The molecule has 7 nitrogen and oxygen atoms in total. The molecule has 2 unspecified atom stereocenters. The molecular formula is C21H21BrClN3O4. The fourth-order valence-corrected chi connectivity index (χ4v) is 3.83. The molecule has 3 amide bonds. The van der Waals surface area contributed by atoms with Gasteiger partial charge in [0.1, 0.15) is 6.04 Å². The zero-order valence-corrected chi connectivity index (χ0v) is 18.5. The van der Waals surface area contributed by atoms with Gasteiger partial charge in [0.05, 0.1) is 17.4 Å². The van der Waals surface area contributed by atoms with Crippen molar-refractivity contribution in [1.29, 1.82) is 0 Å². The smallest absolute Gasteiger partial charge is 0.256 e. The number of aliphatic hydroxyl groups excluding tert-OH is 1. The van der Waals surface area contributed by atoms with Gasteiger partial charge < -0.3 is 20.6 Å². The molecular weight excluding hydrogens is 474 g/mol. The van der Waals surface area contributed by atoms with Crippen LogP contribution in [0, 0.1) is 0 Å². The van der Waals surface area contributed by atoms with Crippen molar-refractivity contribution < 1.29 is 19.5 Å². The van der Waals surface area contributed by atoms with E-state index in [4.69, 9.17) is 11.6 Å². The number of anilines is 1. The van der Waals surface area contributed by atoms with Gasteiger partial charge in [0.2, 0.25) is 11.8 Å². The average Bonchev–Trinajstić information content (AvgIpc) is 3.09. The standard InChI is InChI=1S/C21H21BrClN3O4/c1-12(27)25-18-7-4-14(22)8-17(18)21(30)26-11-16(28)9-19(26)20(29)24-10-13-2-5-15(23)6-3-13/h2-8,16,19,28H,9-11H2,1H3,(H,24,29)(H,25,27). The molecule has 2 aromatic carbocycles. The molecule has 30 heavy (non-hydrogen) atoms. The number of nitrogens with zero attached hydrogens (tertiary/aromatic N) is 1. The Labute approximate surface area is 187 Å². The summed E-state index contributed by atoms with van der Waals surface area (Å²) in [6, 6.07) is 11.2. The van der Waals surface area contributed by atoms with Crippen LogP contribution in [0.5, 0.6) is 0 Å². The van der Waals surface area contributed by atoms with E-state index in [1.165, 1.54) is 11.8 Å². The molecule has 0 saturated carbocycles. The van der Waals surface area contributed by atoms with Gasteiger partial charge in [0.15, 0.2) is 0 Å². The van der Waals surface area contributed by atoms with Crippen LogP contribution in [0.3, 0.4) is 0 Å². The summed E-state index contributed by atoms with van der Waals surface area (Å²) in [5.41, 5.74) is 1.45. The second-order valence-electron chi connectivity index (χ2n) is 7.08. The zero-order valence-electron chi connectivity index (χ0n) is 16.2. The maximum absolute atomic E-state index is 13.2. The van der Waals surface area contributed by atoms with E-state index < -0.39 is 18.1 Å². The van der Waals surface area contributed by atoms with Crippen molar-refractivity contribution in [2.45, 2.75) is 32.0 Å². The van der Waals surface area contributed by atoms with Gasteiger partial charge in [-0.1, -0.05) is 39.7 Å². The highest BCUT2D eigenvalue weighted by Gasteiger charge is 2.39. The number of nitrogens with one attached hydrogen (secondary N) is 2. The van der Waals surface area contributed by atoms with Crippen LogP contribution in [0.2, 0.25) is 5.02 Å². The first kappa shape index (κ1) is 22.3. The van der Waals surface area contributed by atoms with Crippen LogP contribution in [0.15, 0.2) is 46.9 Å². The van der Waals surface area contributed by atoms with E-state index in [2.05, 4.69) is 26.6 Å². The molecule has 3 N–H and O–H groups in total. The number of amides is 3. The van der Waals surface area contributed by atoms with E-state index in [9.17, 15) is 19.5 Å². The third kappa shape index (κ3) is 5.38. The number of rotatable bonds is 5. The van der Waals surface area contributed by atoms with Crippen molar-refractivity contribution in [3.05, 3.63) is 63.1 Å². The predicted octanol–water partition coefficient (Wildman–Crippen LogP) is 2.95. The lowest BCUT2D eigenvalue weighted by Crippen LogP contribution is -2.46. The first-order valence-corrected chi connectivity index (χ1v) is 10.5. The Kier molecular flexibility index (Phi) is 7.12. The minimum atomic E-state index is -0.816. The van der Waals surface area contributed by atoms with Gasteiger partial charge in [-0.25, -0.2) is 0 Å². The lowest BCUT2D eigenvalue weighted by Gasteiger charge is -2.25. The topological polar surface area (TPSA) is 98.7 Å². The van der Waals surface area contributed by atoms with E-state index in [0.717, 1.165) is 5.56 Å². The summed E-state index contributed by atoms with van der Waals surface area (Å²) >= 11 is 9.20. The fraction of sp³-hybridized carbons (Fsp3) is 0.286. The number of hydrogen-bond donors (Lipinski definition) is 3. The van der Waals surface area contributed by atoms with Gasteiger partial charge in [0.25, 0.3) is 5.91 Å². The van der Waals surface area contributed by atoms with Crippen molar-refractivity contribution >= 4 is 50.9 Å². The van der Waals surface area contributed by atoms with Crippen molar-refractivity contribution in [3.63, 3.8) is 0 Å². The summed E-state index contributed by atoms with van der Waals surface area (Å²) in [7, 11) is 0. The zero-order chi connectivity index (χ0) is 21.8. The van der Waals surface area contributed by atoms with Crippen LogP contribution in [-0.4, -0.2) is 46.4 Å². The van der Waals surface area contributed by atoms with Gasteiger partial charge in [-0.2, -0.15) is 0 Å². The van der Waals surface area contributed by atoms with Gasteiger partial charge in [0, 0.05) is 35.9 Å². The van der Waals surface area contributed by atoms with E-state index in [0.29, 0.717) is 15.2 Å². The highest BCUT2D eigenvalue weighted by Crippen LogP contribution is 2.27. The number of hydrogen-bond acceptors (Lipinski definition) is 4. The van der Waals surface area contributed by atoms with Crippen molar-refractivity contribution in [1.82, 2.24) is 10.2 Å². The first-order valence-electron chi connectivity index (χ1n) is 9.33. The Morgan fingerprint density at radius 3 is 2.57 bits per heavy atom. The van der Waals surface area contributed by atoms with Crippen LogP contribution < -0.4 is 10.6 Å². The Morgan fingerprint density at radius 1 is 1.20 bits per heavy atom. The molecule has 158 valence electrons. The van der Waals surface area contributed by atoms with E-state index in [-0.39, 0.29) is 36.9 Å². The number of β-amino-alcohol motifs (C(OH)–C–C–N with tert-alkyl or cyclic N) is 1. The molecule has 1 fully saturated rings. The molecule has 1 aliphatic rings. The van der Waals surface area contributed by atoms with Gasteiger partial charge >= 0.3 is 0 Å². The van der Waals surface area contributed by atoms with Crippen molar-refractivity contribution in [2.24, 2.45) is 0 Å². The monoisotopic (exact) mass is 493 g/mol. The number of halogens is 2. The van der Waals surface area contributed by atoms with Gasteiger partial charge in [-0.15, -0.1) is 0 Å². The molecule has 2 aromatic rings. The Balaban J connectivity index is 1.77. The molecule has 2 atom stereocenters. The van der Waals surface area contributed by atoms with Crippen molar-refractivity contribution in [3.8, 4) is 0 Å². The molecule has 1 aliphatic heterocycles. The van der Waals surface area contributed by atoms with Crippen LogP contribution in [0.4, 0.5) is 5.69 Å². The summed E-state index contributed by atoms with van der Waals surface area (Å²) in [5.74, 6) is -1.11. The Hall–Kier alpha value is -2.42. The maximum atomic E-state index is 13.2. The average molecular weight is 495 g/mol. The minimum Gasteiger partial charge on any atom is -0.391 e. The minimum absolute atomic E-state index is 0.0316. The molecule has 0 spiro atoms. The molecule has 0 aromatic heterocycles. The highest BCUT2D eigenvalue weighted by atomic mass is 79.9. The van der Waals surface area contributed by atoms with E-state index >= 15 is 0 Å². The number of likely N-dealkylation sites (tertiary alicyclic amines) is 1.